The predicted molar refractivity (Wildman–Crippen MR) is 96.7 cm³/mol. The number of carbonyl (C=O) groups excluding carboxylic acids is 1. The molecule has 3 rings (SSSR count). The summed E-state index contributed by atoms with van der Waals surface area (Å²) in [6.45, 7) is 0. The highest BCUT2D eigenvalue weighted by molar-refractivity contribution is 7.16. The molecular weight excluding hydrogens is 360 g/mol. The number of fused-ring (bicyclic) bond motifs is 1. The van der Waals surface area contributed by atoms with Gasteiger partial charge in [-0.3, -0.25) is 9.59 Å². The van der Waals surface area contributed by atoms with Crippen LogP contribution < -0.4 is 5.32 Å². The van der Waals surface area contributed by atoms with Gasteiger partial charge in [0.25, 0.3) is 0 Å². The Morgan fingerprint density at radius 1 is 1.28 bits per heavy atom. The van der Waals surface area contributed by atoms with E-state index in [9.17, 15) is 20.0 Å². The van der Waals surface area contributed by atoms with Gasteiger partial charge in [-0.15, -0.1) is 11.3 Å². The summed E-state index contributed by atoms with van der Waals surface area (Å²) in [7, 11) is 0. The number of aliphatic carboxylic acids is 1. The summed E-state index contributed by atoms with van der Waals surface area (Å²) in [6, 6.07) is 2.22. The molecule has 7 heteroatoms. The minimum absolute atomic E-state index is 0.220. The Labute approximate surface area is 155 Å². The highest BCUT2D eigenvalue weighted by atomic mass is 35.5. The van der Waals surface area contributed by atoms with Gasteiger partial charge in [0, 0.05) is 9.91 Å². The van der Waals surface area contributed by atoms with E-state index in [4.69, 9.17) is 11.6 Å². The van der Waals surface area contributed by atoms with Gasteiger partial charge in [0.1, 0.15) is 11.1 Å². The maximum atomic E-state index is 12.7. The monoisotopic (exact) mass is 378 g/mol. The number of hydrogen-bond donors (Lipinski definition) is 2. The molecular formula is C18H19ClN2O3S. The maximum absolute atomic E-state index is 12.7. The molecule has 0 saturated carbocycles. The summed E-state index contributed by atoms with van der Waals surface area (Å²) in [4.78, 5) is 25.3. The number of rotatable bonds is 3. The SMILES string of the molecule is N#Cc1c(NC(=O)[C@H]2CC(Cl)=CC[C@H]2C(=O)O)sc2c1CCCCC2. The largest absolute Gasteiger partial charge is 0.481 e. The third-order valence-electron chi connectivity index (χ3n) is 4.92. The number of allylic oxidation sites excluding steroid dienone is 2. The first-order valence-corrected chi connectivity index (χ1v) is 9.63. The lowest BCUT2D eigenvalue weighted by Crippen LogP contribution is -2.35. The van der Waals surface area contributed by atoms with E-state index in [2.05, 4.69) is 11.4 Å². The van der Waals surface area contributed by atoms with Crippen molar-refractivity contribution >= 4 is 39.8 Å². The van der Waals surface area contributed by atoms with Crippen LogP contribution in [0.25, 0.3) is 0 Å². The number of hydrogen-bond acceptors (Lipinski definition) is 4. The summed E-state index contributed by atoms with van der Waals surface area (Å²) in [5.41, 5.74) is 1.59. The average Bonchev–Trinajstić information content (AvgIpc) is 2.74. The van der Waals surface area contributed by atoms with E-state index >= 15 is 0 Å². The van der Waals surface area contributed by atoms with Gasteiger partial charge >= 0.3 is 5.97 Å². The van der Waals surface area contributed by atoms with Gasteiger partial charge in [-0.2, -0.15) is 5.26 Å². The van der Waals surface area contributed by atoms with Crippen LogP contribution in [-0.4, -0.2) is 17.0 Å². The molecule has 2 aliphatic carbocycles. The Hall–Kier alpha value is -1.84. The van der Waals surface area contributed by atoms with Crippen LogP contribution in [0.2, 0.25) is 0 Å². The van der Waals surface area contributed by atoms with Crippen molar-refractivity contribution in [2.75, 3.05) is 5.32 Å². The summed E-state index contributed by atoms with van der Waals surface area (Å²) >= 11 is 7.48. The average molecular weight is 379 g/mol. The van der Waals surface area contributed by atoms with Crippen LogP contribution in [0.5, 0.6) is 0 Å². The third kappa shape index (κ3) is 3.73. The van der Waals surface area contributed by atoms with Crippen molar-refractivity contribution < 1.29 is 14.7 Å². The maximum Gasteiger partial charge on any atom is 0.307 e. The van der Waals surface area contributed by atoms with Gasteiger partial charge in [0.05, 0.1) is 17.4 Å². The number of anilines is 1. The number of aryl methyl sites for hydroxylation is 1. The number of carboxylic acid groups (broad SMARTS) is 1. The van der Waals surface area contributed by atoms with Gasteiger partial charge < -0.3 is 10.4 Å². The number of nitrogens with one attached hydrogen (secondary N) is 1. The Morgan fingerprint density at radius 3 is 2.76 bits per heavy atom. The molecule has 0 radical (unpaired) electrons. The lowest BCUT2D eigenvalue weighted by atomic mass is 9.82. The molecule has 0 aliphatic heterocycles. The second kappa shape index (κ2) is 7.59. The number of thiophene rings is 1. The van der Waals surface area contributed by atoms with Gasteiger partial charge in [0.2, 0.25) is 5.91 Å². The molecule has 25 heavy (non-hydrogen) atoms. The molecule has 1 aromatic rings. The van der Waals surface area contributed by atoms with E-state index in [1.807, 2.05) is 0 Å². The Bertz CT molecular complexity index is 778. The van der Waals surface area contributed by atoms with E-state index in [1.54, 1.807) is 6.08 Å². The lowest BCUT2D eigenvalue weighted by molar-refractivity contribution is -0.146. The molecule has 0 spiro atoms. The van der Waals surface area contributed by atoms with E-state index in [-0.39, 0.29) is 18.7 Å². The normalized spacial score (nSPS) is 23.0. The molecule has 5 nitrogen and oxygen atoms in total. The molecule has 132 valence electrons. The molecule has 0 saturated heterocycles. The van der Waals surface area contributed by atoms with Gasteiger partial charge in [-0.1, -0.05) is 24.1 Å². The standard InChI is InChI=1S/C18H19ClN2O3S/c19-10-6-7-12(18(23)24)13(8-10)16(22)21-17-14(9-20)11-4-2-1-3-5-15(11)25-17/h6,12-13H,1-5,7-8H2,(H,21,22)(H,23,24)/t12-,13+/m1/s1. The summed E-state index contributed by atoms with van der Waals surface area (Å²) < 4.78 is 0. The van der Waals surface area contributed by atoms with Crippen LogP contribution in [0.3, 0.4) is 0 Å². The van der Waals surface area contributed by atoms with Crippen LogP contribution >= 0.6 is 22.9 Å². The van der Waals surface area contributed by atoms with Crippen LogP contribution in [0.1, 0.15) is 48.1 Å². The fourth-order valence-electron chi connectivity index (χ4n) is 3.56. The fourth-order valence-corrected chi connectivity index (χ4v) is 5.05. The van der Waals surface area contributed by atoms with Crippen LogP contribution in [-0.2, 0) is 22.4 Å². The van der Waals surface area contributed by atoms with E-state index in [1.165, 1.54) is 16.2 Å². The van der Waals surface area contributed by atoms with Crippen molar-refractivity contribution in [3.05, 3.63) is 27.1 Å². The molecule has 1 heterocycles. The van der Waals surface area contributed by atoms with E-state index in [0.717, 1.165) is 37.7 Å². The molecule has 0 bridgehead atoms. The zero-order valence-corrected chi connectivity index (χ0v) is 15.3. The fraction of sp³-hybridized carbons (Fsp3) is 0.500. The molecule has 0 fully saturated rings. The smallest absolute Gasteiger partial charge is 0.307 e. The third-order valence-corrected chi connectivity index (χ3v) is 6.43. The molecule has 0 unspecified atom stereocenters. The van der Waals surface area contributed by atoms with Crippen molar-refractivity contribution in [1.29, 1.82) is 5.26 Å². The Balaban J connectivity index is 1.84. The second-order valence-electron chi connectivity index (χ2n) is 6.51. The minimum Gasteiger partial charge on any atom is -0.481 e. The van der Waals surface area contributed by atoms with Crippen molar-refractivity contribution in [3.63, 3.8) is 0 Å². The van der Waals surface area contributed by atoms with E-state index in [0.29, 0.717) is 15.6 Å². The topological polar surface area (TPSA) is 90.2 Å². The number of carboxylic acids is 1. The van der Waals surface area contributed by atoms with Gasteiger partial charge in [-0.25, -0.2) is 0 Å². The number of amides is 1. The van der Waals surface area contributed by atoms with Crippen molar-refractivity contribution in [2.24, 2.45) is 11.8 Å². The van der Waals surface area contributed by atoms with E-state index < -0.39 is 17.8 Å². The first kappa shape index (κ1) is 18.0. The second-order valence-corrected chi connectivity index (χ2v) is 8.10. The zero-order valence-electron chi connectivity index (χ0n) is 13.7. The number of halogens is 1. The van der Waals surface area contributed by atoms with Gasteiger partial charge in [-0.05, 0) is 44.1 Å². The summed E-state index contributed by atoms with van der Waals surface area (Å²) in [5, 5.41) is 22.8. The first-order valence-electron chi connectivity index (χ1n) is 8.44. The van der Waals surface area contributed by atoms with Crippen molar-refractivity contribution in [3.8, 4) is 6.07 Å². The number of nitrogens with zero attached hydrogens (tertiary/aromatic N) is 1. The number of carbonyl (C=O) groups is 2. The Kier molecular flexibility index (Phi) is 5.45. The van der Waals surface area contributed by atoms with Crippen LogP contribution in [0.4, 0.5) is 5.00 Å². The lowest BCUT2D eigenvalue weighted by Gasteiger charge is -2.25. The highest BCUT2D eigenvalue weighted by Crippen LogP contribution is 2.38. The molecule has 2 N–H and O–H groups in total. The number of nitriles is 1. The molecule has 2 aliphatic rings. The minimum atomic E-state index is -0.997. The quantitative estimate of drug-likeness (QED) is 0.776. The molecule has 0 aromatic carbocycles. The molecule has 2 atom stereocenters. The van der Waals surface area contributed by atoms with Gasteiger partial charge in [0.15, 0.2) is 0 Å². The summed E-state index contributed by atoms with van der Waals surface area (Å²) in [6.07, 6.45) is 7.22. The molecule has 1 amide bonds. The zero-order chi connectivity index (χ0) is 18.0. The molecule has 1 aromatic heterocycles. The highest BCUT2D eigenvalue weighted by Gasteiger charge is 2.36. The first-order chi connectivity index (χ1) is 12.0. The van der Waals surface area contributed by atoms with Crippen LogP contribution in [0, 0.1) is 23.2 Å². The predicted octanol–water partition coefficient (Wildman–Crippen LogP) is 4.06. The van der Waals surface area contributed by atoms with Crippen LogP contribution in [0.15, 0.2) is 11.1 Å². The summed E-state index contributed by atoms with van der Waals surface area (Å²) in [5.74, 6) is -2.87. The van der Waals surface area contributed by atoms with Crippen molar-refractivity contribution in [2.45, 2.75) is 44.9 Å². The Morgan fingerprint density at radius 2 is 2.04 bits per heavy atom. The van der Waals surface area contributed by atoms with Crippen molar-refractivity contribution in [1.82, 2.24) is 0 Å².